The normalized spacial score (nSPS) is 14.4. The summed E-state index contributed by atoms with van der Waals surface area (Å²) in [5.74, 6) is -6.99. The van der Waals surface area contributed by atoms with Crippen molar-refractivity contribution in [3.05, 3.63) is 18.2 Å². The van der Waals surface area contributed by atoms with Crippen molar-refractivity contribution in [2.45, 2.75) is 57.3 Å². The number of carboxylic acids is 2. The molecule has 4 amide bonds. The van der Waals surface area contributed by atoms with Gasteiger partial charge in [-0.1, -0.05) is 13.8 Å². The fourth-order valence-corrected chi connectivity index (χ4v) is 2.73. The number of aromatic nitrogens is 2. The van der Waals surface area contributed by atoms with Crippen LogP contribution in [0.4, 0.5) is 0 Å². The van der Waals surface area contributed by atoms with E-state index < -0.39 is 72.6 Å². The van der Waals surface area contributed by atoms with Crippen LogP contribution in [-0.2, 0) is 35.2 Å². The van der Waals surface area contributed by atoms with Crippen LogP contribution in [0.2, 0.25) is 0 Å². The Bertz CT molecular complexity index is 902. The number of primary amides is 1. The highest BCUT2D eigenvalue weighted by Gasteiger charge is 2.32. The van der Waals surface area contributed by atoms with Crippen LogP contribution in [0.3, 0.4) is 0 Å². The first-order chi connectivity index (χ1) is 15.8. The number of amides is 4. The number of carboxylic acid groups (broad SMARTS) is 2. The summed E-state index contributed by atoms with van der Waals surface area (Å²) < 4.78 is 0. The molecule has 1 rings (SSSR count). The standard InChI is InChI=1S/C19H29N7O8/c1-8(2)15(21)18(32)25-11(5-14(28)29)17(31)24-10(3-9-6-22-7-23-9)16(30)26-12(19(33)34)4-13(20)27/h6-8,10-12,15H,3-5,21H2,1-2H3,(H2,20,27)(H,22,23)(H,24,31)(H,25,32)(H,26,30)(H,28,29)(H,33,34). The molecule has 15 nitrogen and oxygen atoms in total. The van der Waals surface area contributed by atoms with Gasteiger partial charge in [0.2, 0.25) is 23.6 Å². The van der Waals surface area contributed by atoms with Gasteiger partial charge in [-0.05, 0) is 5.92 Å². The largest absolute Gasteiger partial charge is 0.481 e. The van der Waals surface area contributed by atoms with Crippen LogP contribution < -0.4 is 27.4 Å². The van der Waals surface area contributed by atoms with Crippen LogP contribution in [0.15, 0.2) is 12.5 Å². The van der Waals surface area contributed by atoms with Gasteiger partial charge in [0.05, 0.1) is 25.2 Å². The quantitative estimate of drug-likeness (QED) is 0.131. The molecule has 4 atom stereocenters. The maximum atomic E-state index is 12.8. The van der Waals surface area contributed by atoms with Crippen molar-refractivity contribution in [1.82, 2.24) is 25.9 Å². The number of hydrogen-bond acceptors (Lipinski definition) is 8. The lowest BCUT2D eigenvalue weighted by Gasteiger charge is -2.24. The number of nitrogens with one attached hydrogen (secondary N) is 4. The second-order valence-electron chi connectivity index (χ2n) is 7.84. The third-order valence-corrected chi connectivity index (χ3v) is 4.66. The molecule has 1 heterocycles. The minimum atomic E-state index is -1.66. The third kappa shape index (κ3) is 9.23. The van der Waals surface area contributed by atoms with Crippen LogP contribution in [0.5, 0.6) is 0 Å². The Morgan fingerprint density at radius 1 is 0.941 bits per heavy atom. The number of imidazole rings is 1. The fourth-order valence-electron chi connectivity index (χ4n) is 2.73. The Labute approximate surface area is 194 Å². The molecular formula is C19H29N7O8. The molecule has 0 aliphatic rings. The zero-order valence-corrected chi connectivity index (χ0v) is 18.6. The van der Waals surface area contributed by atoms with Crippen molar-refractivity contribution in [3.8, 4) is 0 Å². The first-order valence-electron chi connectivity index (χ1n) is 10.2. The molecule has 0 radical (unpaired) electrons. The number of carbonyl (C=O) groups excluding carboxylic acids is 4. The molecule has 0 aliphatic carbocycles. The lowest BCUT2D eigenvalue weighted by Crippen LogP contribution is -2.58. The van der Waals surface area contributed by atoms with Crippen molar-refractivity contribution in [3.63, 3.8) is 0 Å². The molecule has 0 saturated carbocycles. The lowest BCUT2D eigenvalue weighted by atomic mass is 10.0. The molecule has 34 heavy (non-hydrogen) atoms. The third-order valence-electron chi connectivity index (χ3n) is 4.66. The number of aliphatic carboxylic acids is 2. The highest BCUT2D eigenvalue weighted by molar-refractivity contribution is 5.96. The molecule has 10 N–H and O–H groups in total. The van der Waals surface area contributed by atoms with Gasteiger partial charge >= 0.3 is 11.9 Å². The van der Waals surface area contributed by atoms with Crippen molar-refractivity contribution in [2.24, 2.45) is 17.4 Å². The Morgan fingerprint density at radius 3 is 1.97 bits per heavy atom. The maximum Gasteiger partial charge on any atom is 0.326 e. The smallest absolute Gasteiger partial charge is 0.326 e. The molecular weight excluding hydrogens is 454 g/mol. The molecule has 4 unspecified atom stereocenters. The van der Waals surface area contributed by atoms with Gasteiger partial charge < -0.3 is 42.6 Å². The van der Waals surface area contributed by atoms with E-state index in [0.29, 0.717) is 5.69 Å². The Morgan fingerprint density at radius 2 is 1.50 bits per heavy atom. The average molecular weight is 483 g/mol. The van der Waals surface area contributed by atoms with Gasteiger partial charge in [0, 0.05) is 18.3 Å². The van der Waals surface area contributed by atoms with E-state index in [4.69, 9.17) is 16.6 Å². The second kappa shape index (κ2) is 12.9. The summed E-state index contributed by atoms with van der Waals surface area (Å²) in [5, 5.41) is 25.0. The summed E-state index contributed by atoms with van der Waals surface area (Å²) in [5.41, 5.74) is 11.1. The predicted octanol–water partition coefficient (Wildman–Crippen LogP) is -3.18. The van der Waals surface area contributed by atoms with Crippen LogP contribution in [0.1, 0.15) is 32.4 Å². The van der Waals surface area contributed by atoms with Gasteiger partial charge in [-0.25, -0.2) is 9.78 Å². The number of nitrogens with two attached hydrogens (primary N) is 2. The lowest BCUT2D eigenvalue weighted by molar-refractivity contribution is -0.144. The van der Waals surface area contributed by atoms with E-state index in [0.717, 1.165) is 0 Å². The van der Waals surface area contributed by atoms with Crippen LogP contribution in [-0.4, -0.2) is 79.9 Å². The molecule has 15 heteroatoms. The van der Waals surface area contributed by atoms with E-state index >= 15 is 0 Å². The molecule has 188 valence electrons. The van der Waals surface area contributed by atoms with Crippen LogP contribution >= 0.6 is 0 Å². The van der Waals surface area contributed by atoms with Gasteiger partial charge in [0.1, 0.15) is 18.1 Å². The van der Waals surface area contributed by atoms with Gasteiger partial charge in [0.25, 0.3) is 0 Å². The summed E-state index contributed by atoms with van der Waals surface area (Å²) >= 11 is 0. The summed E-state index contributed by atoms with van der Waals surface area (Å²) in [6.07, 6.45) is 0.958. The summed E-state index contributed by atoms with van der Waals surface area (Å²) in [6.45, 7) is 3.32. The highest BCUT2D eigenvalue weighted by atomic mass is 16.4. The Balaban J connectivity index is 3.10. The van der Waals surface area contributed by atoms with Gasteiger partial charge in [-0.3, -0.25) is 24.0 Å². The van der Waals surface area contributed by atoms with E-state index in [2.05, 4.69) is 25.9 Å². The number of H-pyrrole nitrogens is 1. The molecule has 0 spiro atoms. The first-order valence-corrected chi connectivity index (χ1v) is 10.2. The molecule has 0 bridgehead atoms. The molecule has 0 aliphatic heterocycles. The molecule has 1 aromatic heterocycles. The Kier molecular flexibility index (Phi) is 10.6. The van der Waals surface area contributed by atoms with E-state index in [-0.39, 0.29) is 12.3 Å². The number of carbonyl (C=O) groups is 6. The number of nitrogens with zero attached hydrogens (tertiary/aromatic N) is 1. The molecule has 0 fully saturated rings. The SMILES string of the molecule is CC(C)C(N)C(=O)NC(CC(=O)O)C(=O)NC(Cc1cnc[nH]1)C(=O)NC(CC(N)=O)C(=O)O. The van der Waals surface area contributed by atoms with Gasteiger partial charge in [0.15, 0.2) is 0 Å². The van der Waals surface area contributed by atoms with Crippen LogP contribution in [0, 0.1) is 5.92 Å². The monoisotopic (exact) mass is 483 g/mol. The van der Waals surface area contributed by atoms with Crippen LogP contribution in [0.25, 0.3) is 0 Å². The first kappa shape index (κ1) is 28.0. The van der Waals surface area contributed by atoms with Crippen molar-refractivity contribution in [2.75, 3.05) is 0 Å². The topological polar surface area (TPSA) is 260 Å². The predicted molar refractivity (Wildman–Crippen MR) is 115 cm³/mol. The van der Waals surface area contributed by atoms with E-state index in [1.54, 1.807) is 13.8 Å². The zero-order chi connectivity index (χ0) is 26.0. The van der Waals surface area contributed by atoms with E-state index in [9.17, 15) is 33.9 Å². The van der Waals surface area contributed by atoms with Crippen molar-refractivity contribution >= 4 is 35.6 Å². The fraction of sp³-hybridized carbons (Fsp3) is 0.526. The number of rotatable bonds is 14. The molecule has 0 aromatic carbocycles. The van der Waals surface area contributed by atoms with Crippen molar-refractivity contribution in [1.29, 1.82) is 0 Å². The second-order valence-corrected chi connectivity index (χ2v) is 7.84. The number of aromatic amines is 1. The number of hydrogen-bond donors (Lipinski definition) is 8. The molecule has 1 aromatic rings. The Hall–Kier alpha value is -4.01. The summed E-state index contributed by atoms with van der Waals surface area (Å²) in [6, 6.07) is -5.68. The highest BCUT2D eigenvalue weighted by Crippen LogP contribution is 2.05. The minimum Gasteiger partial charge on any atom is -0.481 e. The summed E-state index contributed by atoms with van der Waals surface area (Å²) in [4.78, 5) is 78.1. The van der Waals surface area contributed by atoms with Gasteiger partial charge in [-0.15, -0.1) is 0 Å². The maximum absolute atomic E-state index is 12.8. The molecule has 0 saturated heterocycles. The van der Waals surface area contributed by atoms with E-state index in [1.165, 1.54) is 12.5 Å². The zero-order valence-electron chi connectivity index (χ0n) is 18.6. The van der Waals surface area contributed by atoms with E-state index in [1.807, 2.05) is 0 Å². The minimum absolute atomic E-state index is 0.195. The average Bonchev–Trinajstić information content (AvgIpc) is 3.23. The van der Waals surface area contributed by atoms with Crippen molar-refractivity contribution < 1.29 is 39.0 Å². The summed E-state index contributed by atoms with van der Waals surface area (Å²) in [7, 11) is 0. The van der Waals surface area contributed by atoms with Gasteiger partial charge in [-0.2, -0.15) is 0 Å².